The van der Waals surface area contributed by atoms with E-state index in [4.69, 9.17) is 8.83 Å². The minimum absolute atomic E-state index is 0.893. The number of nitrogens with zero attached hydrogens (tertiary/aromatic N) is 1. The fraction of sp³-hybridized carbons (Fsp3) is 0. The third kappa shape index (κ3) is 5.90. The molecule has 3 heteroatoms. The Kier molecular flexibility index (Phi) is 8.17. The lowest BCUT2D eigenvalue weighted by atomic mass is 9.95. The summed E-state index contributed by atoms with van der Waals surface area (Å²) in [5, 5.41) is 6.79. The van der Waals surface area contributed by atoms with Gasteiger partial charge in [-0.15, -0.1) is 0 Å². The number of rotatable bonds is 7. The predicted molar refractivity (Wildman–Crippen MR) is 255 cm³/mol. The van der Waals surface area contributed by atoms with Crippen LogP contribution in [0.4, 0.5) is 17.1 Å². The number of hydrogen-bond donors (Lipinski definition) is 0. The molecule has 12 aromatic rings. The number of benzene rings is 10. The summed E-state index contributed by atoms with van der Waals surface area (Å²) in [5.74, 6) is 0. The Morgan fingerprint density at radius 2 is 0.787 bits per heavy atom. The van der Waals surface area contributed by atoms with Crippen LogP contribution in [-0.4, -0.2) is 0 Å². The highest BCUT2D eigenvalue weighted by atomic mass is 16.3. The maximum absolute atomic E-state index is 6.89. The average molecular weight is 780 g/mol. The molecule has 286 valence electrons. The Balaban J connectivity index is 0.970. The molecule has 0 aliphatic rings. The van der Waals surface area contributed by atoms with Gasteiger partial charge in [-0.05, 0) is 98.9 Å². The highest BCUT2D eigenvalue weighted by Crippen LogP contribution is 2.44. The molecule has 0 radical (unpaired) electrons. The smallest absolute Gasteiger partial charge is 0.143 e. The van der Waals surface area contributed by atoms with E-state index in [0.29, 0.717) is 0 Å². The van der Waals surface area contributed by atoms with Gasteiger partial charge in [0.15, 0.2) is 0 Å². The third-order valence-electron chi connectivity index (χ3n) is 12.1. The van der Waals surface area contributed by atoms with Crippen molar-refractivity contribution in [2.24, 2.45) is 0 Å². The summed E-state index contributed by atoms with van der Waals surface area (Å²) >= 11 is 0. The summed E-state index contributed by atoms with van der Waals surface area (Å²) in [4.78, 5) is 2.34. The molecule has 0 unspecified atom stereocenters. The Bertz CT molecular complexity index is 3560. The van der Waals surface area contributed by atoms with E-state index in [1.54, 1.807) is 0 Å². The Morgan fingerprint density at radius 3 is 1.54 bits per heavy atom. The monoisotopic (exact) mass is 779 g/mol. The van der Waals surface area contributed by atoms with Crippen molar-refractivity contribution in [1.82, 2.24) is 0 Å². The van der Waals surface area contributed by atoms with E-state index in [1.807, 2.05) is 12.1 Å². The summed E-state index contributed by atoms with van der Waals surface area (Å²) in [6.45, 7) is 0. The molecular formula is C58H37NO2. The maximum Gasteiger partial charge on any atom is 0.143 e. The number of anilines is 3. The molecule has 12 rings (SSSR count). The van der Waals surface area contributed by atoms with E-state index in [9.17, 15) is 0 Å². The van der Waals surface area contributed by atoms with Crippen LogP contribution >= 0.6 is 0 Å². The van der Waals surface area contributed by atoms with Gasteiger partial charge in [-0.2, -0.15) is 0 Å². The minimum atomic E-state index is 0.893. The molecule has 0 saturated heterocycles. The lowest BCUT2D eigenvalue weighted by molar-refractivity contribution is 0.669. The van der Waals surface area contributed by atoms with Crippen molar-refractivity contribution in [3.05, 3.63) is 224 Å². The van der Waals surface area contributed by atoms with Crippen molar-refractivity contribution in [3.63, 3.8) is 0 Å². The van der Waals surface area contributed by atoms with Gasteiger partial charge in [0.05, 0.1) is 0 Å². The van der Waals surface area contributed by atoms with Crippen molar-refractivity contribution >= 4 is 71.7 Å². The molecule has 0 atom stereocenters. The van der Waals surface area contributed by atoms with Gasteiger partial charge in [-0.3, -0.25) is 0 Å². The highest BCUT2D eigenvalue weighted by Gasteiger charge is 2.19. The molecule has 0 fully saturated rings. The van der Waals surface area contributed by atoms with E-state index in [0.717, 1.165) is 94.1 Å². The molecule has 0 saturated carbocycles. The first kappa shape index (κ1) is 34.9. The first-order chi connectivity index (χ1) is 30.2. The zero-order chi connectivity index (χ0) is 40.3. The summed E-state index contributed by atoms with van der Waals surface area (Å²) in [6.07, 6.45) is 0. The van der Waals surface area contributed by atoms with Crippen LogP contribution in [0.2, 0.25) is 0 Å². The molecule has 61 heavy (non-hydrogen) atoms. The first-order valence-electron chi connectivity index (χ1n) is 20.7. The van der Waals surface area contributed by atoms with Crippen molar-refractivity contribution in [2.45, 2.75) is 0 Å². The number of furan rings is 2. The van der Waals surface area contributed by atoms with Gasteiger partial charge in [-0.1, -0.05) is 170 Å². The fourth-order valence-corrected chi connectivity index (χ4v) is 9.20. The molecule has 0 aliphatic carbocycles. The lowest BCUT2D eigenvalue weighted by Gasteiger charge is -2.26. The van der Waals surface area contributed by atoms with Crippen LogP contribution in [0.15, 0.2) is 233 Å². The predicted octanol–water partition coefficient (Wildman–Crippen LogP) is 16.8. The van der Waals surface area contributed by atoms with Gasteiger partial charge >= 0.3 is 0 Å². The van der Waals surface area contributed by atoms with Crippen LogP contribution in [0, 0.1) is 0 Å². The summed E-state index contributed by atoms with van der Waals surface area (Å²) < 4.78 is 13.1. The molecule has 0 aliphatic heterocycles. The topological polar surface area (TPSA) is 29.5 Å². The minimum Gasteiger partial charge on any atom is -0.456 e. The molecule has 2 heterocycles. The second-order valence-electron chi connectivity index (χ2n) is 15.6. The standard InChI is InChI=1S/C58H37NO2/c1-3-14-38(15-4-1)42-18-11-19-45(36-42)59(43-32-28-40(29-33-43)46-23-13-27-55-56(46)51-22-9-10-26-54(51)60-55)44-34-30-41(31-35-44)47-24-12-25-50-53-37-52(39-16-5-2-6-17-39)48-20-7-8-21-49(48)58(53)61-57(47)50/h1-37H. The van der Waals surface area contributed by atoms with Crippen molar-refractivity contribution in [2.75, 3.05) is 4.90 Å². The number of para-hydroxylation sites is 2. The molecule has 2 aromatic heterocycles. The fourth-order valence-electron chi connectivity index (χ4n) is 9.20. The molecular weight excluding hydrogens is 743 g/mol. The molecule has 10 aromatic carbocycles. The van der Waals surface area contributed by atoms with Crippen LogP contribution in [0.3, 0.4) is 0 Å². The molecule has 0 amide bonds. The quantitative estimate of drug-likeness (QED) is 0.161. The van der Waals surface area contributed by atoms with E-state index < -0.39 is 0 Å². The van der Waals surface area contributed by atoms with Crippen LogP contribution < -0.4 is 4.90 Å². The van der Waals surface area contributed by atoms with Crippen LogP contribution in [0.5, 0.6) is 0 Å². The van der Waals surface area contributed by atoms with Gasteiger partial charge in [0, 0.05) is 49.6 Å². The largest absolute Gasteiger partial charge is 0.456 e. The Labute approximate surface area is 353 Å². The SMILES string of the molecule is c1ccc(-c2cccc(N(c3ccc(-c4cccc5c4oc4c6ccccc6c(-c6ccccc6)cc54)cc3)c3ccc(-c4cccc5oc6ccccc6c45)cc3)c2)cc1. The van der Waals surface area contributed by atoms with Crippen molar-refractivity contribution in [3.8, 4) is 44.5 Å². The average Bonchev–Trinajstić information content (AvgIpc) is 3.92. The molecule has 0 N–H and O–H groups in total. The second-order valence-corrected chi connectivity index (χ2v) is 15.6. The first-order valence-corrected chi connectivity index (χ1v) is 20.7. The second kappa shape index (κ2) is 14.3. The van der Waals surface area contributed by atoms with Crippen LogP contribution in [0.1, 0.15) is 0 Å². The van der Waals surface area contributed by atoms with E-state index in [2.05, 4.69) is 217 Å². The van der Waals surface area contributed by atoms with Crippen molar-refractivity contribution < 1.29 is 8.83 Å². The zero-order valence-corrected chi connectivity index (χ0v) is 33.1. The Morgan fingerprint density at radius 1 is 0.262 bits per heavy atom. The Hall–Kier alpha value is -8.14. The van der Waals surface area contributed by atoms with Crippen LogP contribution in [-0.2, 0) is 0 Å². The van der Waals surface area contributed by atoms with E-state index >= 15 is 0 Å². The summed E-state index contributed by atoms with van der Waals surface area (Å²) in [6, 6.07) is 79.8. The van der Waals surface area contributed by atoms with Crippen molar-refractivity contribution in [1.29, 1.82) is 0 Å². The van der Waals surface area contributed by atoms with E-state index in [1.165, 1.54) is 22.1 Å². The number of fused-ring (bicyclic) bond motifs is 8. The molecule has 0 bridgehead atoms. The highest BCUT2D eigenvalue weighted by molar-refractivity contribution is 6.20. The zero-order valence-electron chi connectivity index (χ0n) is 33.1. The number of hydrogen-bond acceptors (Lipinski definition) is 3. The van der Waals surface area contributed by atoms with Crippen LogP contribution in [0.25, 0.3) is 99.2 Å². The van der Waals surface area contributed by atoms with Gasteiger partial charge in [0.1, 0.15) is 22.3 Å². The summed E-state index contributed by atoms with van der Waals surface area (Å²) in [7, 11) is 0. The van der Waals surface area contributed by atoms with Gasteiger partial charge in [0.25, 0.3) is 0 Å². The third-order valence-corrected chi connectivity index (χ3v) is 12.1. The maximum atomic E-state index is 6.89. The van der Waals surface area contributed by atoms with E-state index in [-0.39, 0.29) is 0 Å². The van der Waals surface area contributed by atoms with Gasteiger partial charge in [0.2, 0.25) is 0 Å². The molecule has 0 spiro atoms. The van der Waals surface area contributed by atoms with Gasteiger partial charge < -0.3 is 13.7 Å². The lowest BCUT2D eigenvalue weighted by Crippen LogP contribution is -2.10. The normalized spacial score (nSPS) is 11.6. The molecule has 3 nitrogen and oxygen atoms in total. The summed E-state index contributed by atoms with van der Waals surface area (Å²) in [5.41, 5.74) is 16.0. The van der Waals surface area contributed by atoms with Gasteiger partial charge in [-0.25, -0.2) is 0 Å².